The molecule has 0 unspecified atom stereocenters. The number of ether oxygens (including phenoxy) is 3. The number of amides is 2. The molecule has 0 spiro atoms. The van der Waals surface area contributed by atoms with Crippen molar-refractivity contribution in [2.75, 3.05) is 33.4 Å². The Hall–Kier alpha value is -2.89. The standard InChI is InChI=1S/C20H26N2O4/c1-3-25-17-7-9-18(10-8-17)26-14-13-22-20(23)21-12-11-16-5-4-6-19(15-16)24-2/h4-10,15H,3,11-14H2,1-2H3,(H2,21,22,23). The monoisotopic (exact) mass is 358 g/mol. The zero-order valence-corrected chi connectivity index (χ0v) is 15.3. The maximum absolute atomic E-state index is 11.8. The van der Waals surface area contributed by atoms with Crippen LogP contribution in [0.3, 0.4) is 0 Å². The van der Waals surface area contributed by atoms with E-state index < -0.39 is 0 Å². The lowest BCUT2D eigenvalue weighted by Crippen LogP contribution is -2.38. The fourth-order valence-electron chi connectivity index (χ4n) is 2.34. The average molecular weight is 358 g/mol. The number of urea groups is 1. The molecule has 0 saturated heterocycles. The van der Waals surface area contributed by atoms with Gasteiger partial charge in [-0.1, -0.05) is 12.1 Å². The molecule has 0 aliphatic heterocycles. The maximum Gasteiger partial charge on any atom is 0.314 e. The van der Waals surface area contributed by atoms with E-state index in [0.717, 1.165) is 29.2 Å². The topological polar surface area (TPSA) is 68.8 Å². The zero-order valence-electron chi connectivity index (χ0n) is 15.3. The third-order valence-electron chi connectivity index (χ3n) is 3.62. The van der Waals surface area contributed by atoms with Crippen LogP contribution in [0.15, 0.2) is 48.5 Å². The van der Waals surface area contributed by atoms with Gasteiger partial charge in [-0.3, -0.25) is 0 Å². The second-order valence-corrected chi connectivity index (χ2v) is 5.54. The fraction of sp³-hybridized carbons (Fsp3) is 0.350. The van der Waals surface area contributed by atoms with Gasteiger partial charge in [0.2, 0.25) is 0 Å². The van der Waals surface area contributed by atoms with Gasteiger partial charge in [-0.05, 0) is 55.3 Å². The Balaban J connectivity index is 1.58. The molecule has 0 heterocycles. The Morgan fingerprint density at radius 3 is 2.31 bits per heavy atom. The van der Waals surface area contributed by atoms with Crippen LogP contribution in [0.5, 0.6) is 17.2 Å². The molecule has 2 N–H and O–H groups in total. The summed E-state index contributed by atoms with van der Waals surface area (Å²) < 4.78 is 16.1. The number of benzene rings is 2. The summed E-state index contributed by atoms with van der Waals surface area (Å²) in [6, 6.07) is 15.0. The van der Waals surface area contributed by atoms with Crippen LogP contribution in [0.25, 0.3) is 0 Å². The molecule has 6 nitrogen and oxygen atoms in total. The van der Waals surface area contributed by atoms with E-state index in [2.05, 4.69) is 10.6 Å². The molecule has 140 valence electrons. The van der Waals surface area contributed by atoms with Crippen LogP contribution in [0, 0.1) is 0 Å². The molecule has 0 bridgehead atoms. The summed E-state index contributed by atoms with van der Waals surface area (Å²) in [6.07, 6.45) is 0.743. The highest BCUT2D eigenvalue weighted by Gasteiger charge is 2.01. The Morgan fingerprint density at radius 1 is 0.923 bits per heavy atom. The molecule has 0 aliphatic carbocycles. The zero-order chi connectivity index (χ0) is 18.6. The number of nitrogens with one attached hydrogen (secondary N) is 2. The van der Waals surface area contributed by atoms with Gasteiger partial charge in [0.05, 0.1) is 20.3 Å². The predicted octanol–water partition coefficient (Wildman–Crippen LogP) is 3.01. The van der Waals surface area contributed by atoms with Crippen molar-refractivity contribution in [2.45, 2.75) is 13.3 Å². The molecule has 0 aromatic heterocycles. The van der Waals surface area contributed by atoms with Crippen LogP contribution in [-0.2, 0) is 6.42 Å². The molecule has 6 heteroatoms. The van der Waals surface area contributed by atoms with E-state index in [1.807, 2.05) is 55.5 Å². The average Bonchev–Trinajstić information content (AvgIpc) is 2.67. The first-order chi connectivity index (χ1) is 12.7. The molecule has 0 fully saturated rings. The third-order valence-corrected chi connectivity index (χ3v) is 3.62. The van der Waals surface area contributed by atoms with Crippen molar-refractivity contribution in [1.82, 2.24) is 10.6 Å². The van der Waals surface area contributed by atoms with Crippen molar-refractivity contribution in [3.63, 3.8) is 0 Å². The van der Waals surface area contributed by atoms with E-state index in [1.54, 1.807) is 7.11 Å². The van der Waals surface area contributed by atoms with Gasteiger partial charge in [-0.15, -0.1) is 0 Å². The number of hydrogen-bond donors (Lipinski definition) is 2. The number of methoxy groups -OCH3 is 1. The summed E-state index contributed by atoms with van der Waals surface area (Å²) >= 11 is 0. The first-order valence-electron chi connectivity index (χ1n) is 8.71. The summed E-state index contributed by atoms with van der Waals surface area (Å²) in [5.41, 5.74) is 1.11. The van der Waals surface area contributed by atoms with Gasteiger partial charge in [0.25, 0.3) is 0 Å². The van der Waals surface area contributed by atoms with E-state index in [1.165, 1.54) is 0 Å². The van der Waals surface area contributed by atoms with Crippen molar-refractivity contribution in [3.8, 4) is 17.2 Å². The van der Waals surface area contributed by atoms with Gasteiger partial charge in [-0.25, -0.2) is 4.79 Å². The summed E-state index contributed by atoms with van der Waals surface area (Å²) in [7, 11) is 1.64. The molecule has 0 saturated carbocycles. The Kier molecular flexibility index (Phi) is 8.12. The van der Waals surface area contributed by atoms with Crippen LogP contribution in [0.4, 0.5) is 4.79 Å². The maximum atomic E-state index is 11.8. The van der Waals surface area contributed by atoms with Gasteiger partial charge in [0.15, 0.2) is 0 Å². The highest BCUT2D eigenvalue weighted by atomic mass is 16.5. The molecular weight excluding hydrogens is 332 g/mol. The molecule has 2 aromatic rings. The summed E-state index contributed by atoms with van der Waals surface area (Å²) in [6.45, 7) is 3.96. The van der Waals surface area contributed by atoms with E-state index in [4.69, 9.17) is 14.2 Å². The van der Waals surface area contributed by atoms with Gasteiger partial charge in [0.1, 0.15) is 23.9 Å². The van der Waals surface area contributed by atoms with Crippen LogP contribution in [0.2, 0.25) is 0 Å². The predicted molar refractivity (Wildman–Crippen MR) is 101 cm³/mol. The largest absolute Gasteiger partial charge is 0.497 e. The molecular formula is C20H26N2O4. The van der Waals surface area contributed by atoms with Crippen molar-refractivity contribution < 1.29 is 19.0 Å². The van der Waals surface area contributed by atoms with Gasteiger partial charge < -0.3 is 24.8 Å². The van der Waals surface area contributed by atoms with Crippen LogP contribution >= 0.6 is 0 Å². The van der Waals surface area contributed by atoms with Gasteiger partial charge >= 0.3 is 6.03 Å². The first-order valence-corrected chi connectivity index (χ1v) is 8.71. The lowest BCUT2D eigenvalue weighted by Gasteiger charge is -2.10. The minimum atomic E-state index is -0.205. The van der Waals surface area contributed by atoms with Crippen molar-refractivity contribution in [1.29, 1.82) is 0 Å². The van der Waals surface area contributed by atoms with Crippen LogP contribution < -0.4 is 24.8 Å². The molecule has 2 rings (SSSR count). The number of rotatable bonds is 10. The second-order valence-electron chi connectivity index (χ2n) is 5.54. The Morgan fingerprint density at radius 2 is 1.62 bits per heavy atom. The molecule has 2 amide bonds. The minimum absolute atomic E-state index is 0.205. The lowest BCUT2D eigenvalue weighted by atomic mass is 10.1. The van der Waals surface area contributed by atoms with Crippen molar-refractivity contribution in [3.05, 3.63) is 54.1 Å². The highest BCUT2D eigenvalue weighted by Crippen LogP contribution is 2.17. The molecule has 26 heavy (non-hydrogen) atoms. The molecule has 0 radical (unpaired) electrons. The van der Waals surface area contributed by atoms with E-state index in [-0.39, 0.29) is 6.03 Å². The second kappa shape index (κ2) is 10.9. The van der Waals surface area contributed by atoms with Gasteiger partial charge in [-0.2, -0.15) is 0 Å². The summed E-state index contributed by atoms with van der Waals surface area (Å²) in [4.78, 5) is 11.8. The molecule has 0 atom stereocenters. The number of carbonyl (C=O) groups excluding carboxylic acids is 1. The summed E-state index contributed by atoms with van der Waals surface area (Å²) in [5, 5.41) is 5.59. The first kappa shape index (κ1) is 19.4. The quantitative estimate of drug-likeness (QED) is 0.641. The Bertz CT molecular complexity index is 674. The van der Waals surface area contributed by atoms with Crippen molar-refractivity contribution in [2.24, 2.45) is 0 Å². The summed E-state index contributed by atoms with van der Waals surface area (Å²) in [5.74, 6) is 2.38. The van der Waals surface area contributed by atoms with Crippen LogP contribution in [-0.4, -0.2) is 39.4 Å². The fourth-order valence-corrected chi connectivity index (χ4v) is 2.34. The van der Waals surface area contributed by atoms with Gasteiger partial charge in [0, 0.05) is 6.54 Å². The SMILES string of the molecule is CCOc1ccc(OCCNC(=O)NCCc2cccc(OC)c2)cc1. The van der Waals surface area contributed by atoms with E-state index >= 15 is 0 Å². The Labute approximate surface area is 154 Å². The smallest absolute Gasteiger partial charge is 0.314 e. The number of hydrogen-bond acceptors (Lipinski definition) is 4. The molecule has 2 aromatic carbocycles. The third kappa shape index (κ3) is 6.93. The van der Waals surface area contributed by atoms with Crippen LogP contribution in [0.1, 0.15) is 12.5 Å². The lowest BCUT2D eigenvalue weighted by molar-refractivity contribution is 0.236. The highest BCUT2D eigenvalue weighted by molar-refractivity contribution is 5.73. The van der Waals surface area contributed by atoms with E-state index in [9.17, 15) is 4.79 Å². The normalized spacial score (nSPS) is 10.1. The van der Waals surface area contributed by atoms with Crippen molar-refractivity contribution >= 4 is 6.03 Å². The molecule has 0 aliphatic rings. The van der Waals surface area contributed by atoms with E-state index in [0.29, 0.717) is 26.3 Å². The minimum Gasteiger partial charge on any atom is -0.497 e. The number of carbonyl (C=O) groups is 1.